The Bertz CT molecular complexity index is 1050. The number of carbonyl (C=O) groups is 2. The lowest BCUT2D eigenvalue weighted by Gasteiger charge is -2.08. The molecule has 30 heavy (non-hydrogen) atoms. The molecule has 0 aromatic heterocycles. The molecule has 0 aliphatic carbocycles. The van der Waals surface area contributed by atoms with Gasteiger partial charge in [-0.05, 0) is 94.9 Å². The third-order valence-corrected chi connectivity index (χ3v) is 5.04. The van der Waals surface area contributed by atoms with Gasteiger partial charge in [0.2, 0.25) is 0 Å². The maximum atomic E-state index is 12.0. The number of benzene rings is 3. The summed E-state index contributed by atoms with van der Waals surface area (Å²) < 4.78 is 7.41. The Morgan fingerprint density at radius 3 is 2.47 bits per heavy atom. The van der Waals surface area contributed by atoms with Crippen LogP contribution in [0.25, 0.3) is 0 Å². The Kier molecular flexibility index (Phi) is 7.97. The number of rotatable bonds is 7. The van der Waals surface area contributed by atoms with E-state index in [0.29, 0.717) is 17.0 Å². The van der Waals surface area contributed by atoms with Crippen molar-refractivity contribution in [2.24, 2.45) is 5.10 Å². The van der Waals surface area contributed by atoms with Gasteiger partial charge in [0, 0.05) is 19.3 Å². The molecule has 3 rings (SSSR count). The minimum absolute atomic E-state index is 0.102. The van der Waals surface area contributed by atoms with Gasteiger partial charge in [-0.25, -0.2) is 5.43 Å². The van der Waals surface area contributed by atoms with Crippen molar-refractivity contribution in [3.63, 3.8) is 0 Å². The van der Waals surface area contributed by atoms with Gasteiger partial charge in [-0.3, -0.25) is 9.59 Å². The minimum Gasteiger partial charge on any atom is -0.484 e. The fourth-order valence-corrected chi connectivity index (χ4v) is 3.20. The molecular weight excluding hydrogens is 561 g/mol. The van der Waals surface area contributed by atoms with Crippen molar-refractivity contribution in [1.29, 1.82) is 0 Å². The van der Waals surface area contributed by atoms with Gasteiger partial charge in [0.25, 0.3) is 11.8 Å². The average molecular weight is 578 g/mol. The van der Waals surface area contributed by atoms with Gasteiger partial charge >= 0.3 is 0 Å². The second-order valence-electron chi connectivity index (χ2n) is 6.12. The van der Waals surface area contributed by atoms with Crippen LogP contribution in [0.15, 0.2) is 82.4 Å². The summed E-state index contributed by atoms with van der Waals surface area (Å²) in [6, 6.07) is 21.6. The summed E-state index contributed by atoms with van der Waals surface area (Å²) in [4.78, 5) is 24.0. The van der Waals surface area contributed by atoms with E-state index in [-0.39, 0.29) is 18.4 Å². The molecule has 0 radical (unpaired) electrons. The Balaban J connectivity index is 1.46. The average Bonchev–Trinajstić information content (AvgIpc) is 2.75. The molecule has 3 aromatic rings. The first kappa shape index (κ1) is 22.0. The Morgan fingerprint density at radius 1 is 1.03 bits per heavy atom. The molecule has 0 unspecified atom stereocenters. The van der Waals surface area contributed by atoms with Gasteiger partial charge < -0.3 is 10.1 Å². The number of hydrazone groups is 1. The molecule has 2 amide bonds. The normalized spacial score (nSPS) is 10.6. The van der Waals surface area contributed by atoms with Gasteiger partial charge in [-0.15, -0.1) is 0 Å². The van der Waals surface area contributed by atoms with Crippen LogP contribution in [0.3, 0.4) is 0 Å². The molecule has 152 valence electrons. The van der Waals surface area contributed by atoms with Gasteiger partial charge in [-0.1, -0.05) is 22.0 Å². The number of carbonyl (C=O) groups excluding carboxylic acids is 2. The van der Waals surface area contributed by atoms with Gasteiger partial charge in [0.15, 0.2) is 6.61 Å². The summed E-state index contributed by atoms with van der Waals surface area (Å²) in [6.45, 7) is -0.102. The molecule has 8 heteroatoms. The maximum absolute atomic E-state index is 12.0. The van der Waals surface area contributed by atoms with Crippen molar-refractivity contribution in [2.45, 2.75) is 0 Å². The smallest absolute Gasteiger partial charge is 0.271 e. The molecule has 0 aliphatic rings. The van der Waals surface area contributed by atoms with Crippen molar-refractivity contribution in [3.8, 4) is 5.75 Å². The first-order valence-corrected chi connectivity index (χ1v) is 10.7. The molecule has 3 aromatic carbocycles. The predicted molar refractivity (Wildman–Crippen MR) is 129 cm³/mol. The van der Waals surface area contributed by atoms with Crippen molar-refractivity contribution >= 4 is 62.2 Å². The summed E-state index contributed by atoms with van der Waals surface area (Å²) in [5.41, 5.74) is 4.52. The fraction of sp³-hybridized carbons (Fsp3) is 0.0455. The lowest BCUT2D eigenvalue weighted by molar-refractivity contribution is -0.118. The number of anilines is 1. The van der Waals surface area contributed by atoms with Crippen LogP contribution < -0.4 is 15.5 Å². The second-order valence-corrected chi connectivity index (χ2v) is 8.28. The number of hydrogen-bond acceptors (Lipinski definition) is 4. The standard InChI is InChI=1S/C22H17BrIN3O3/c23-17-6-8-19(9-7-17)26-21(28)14-30-20-10-4-15(5-11-20)13-25-27-22(29)16-2-1-3-18(24)12-16/h1-13H,14H2,(H,26,28)(H,27,29)/b25-13-. The molecule has 2 N–H and O–H groups in total. The lowest BCUT2D eigenvalue weighted by atomic mass is 10.2. The van der Waals surface area contributed by atoms with Crippen LogP contribution in [0, 0.1) is 3.57 Å². The summed E-state index contributed by atoms with van der Waals surface area (Å²) in [5.74, 6) is 0.0313. The number of amides is 2. The fourth-order valence-electron chi connectivity index (χ4n) is 2.39. The van der Waals surface area contributed by atoms with Gasteiger partial charge in [0.05, 0.1) is 6.21 Å². The third-order valence-electron chi connectivity index (χ3n) is 3.84. The summed E-state index contributed by atoms with van der Waals surface area (Å²) in [6.07, 6.45) is 1.54. The largest absolute Gasteiger partial charge is 0.484 e. The van der Waals surface area contributed by atoms with Crippen LogP contribution in [0.4, 0.5) is 5.69 Å². The maximum Gasteiger partial charge on any atom is 0.271 e. The Hall–Kier alpha value is -2.72. The lowest BCUT2D eigenvalue weighted by Crippen LogP contribution is -2.20. The first-order chi connectivity index (χ1) is 14.5. The monoisotopic (exact) mass is 577 g/mol. The number of hydrogen-bond donors (Lipinski definition) is 2. The first-order valence-electron chi connectivity index (χ1n) is 8.87. The van der Waals surface area contributed by atoms with Crippen molar-refractivity contribution in [3.05, 3.63) is 92.0 Å². The zero-order valence-corrected chi connectivity index (χ0v) is 19.4. The van der Waals surface area contributed by atoms with E-state index in [4.69, 9.17) is 4.74 Å². The molecule has 0 atom stereocenters. The van der Waals surface area contributed by atoms with E-state index in [2.05, 4.69) is 54.4 Å². The van der Waals surface area contributed by atoms with E-state index in [9.17, 15) is 9.59 Å². The van der Waals surface area contributed by atoms with E-state index >= 15 is 0 Å². The highest BCUT2D eigenvalue weighted by molar-refractivity contribution is 14.1. The topological polar surface area (TPSA) is 79.8 Å². The molecule has 6 nitrogen and oxygen atoms in total. The quantitative estimate of drug-likeness (QED) is 0.240. The van der Waals surface area contributed by atoms with E-state index < -0.39 is 0 Å². The van der Waals surface area contributed by atoms with Crippen LogP contribution in [-0.2, 0) is 4.79 Å². The van der Waals surface area contributed by atoms with Crippen LogP contribution in [0.5, 0.6) is 5.75 Å². The van der Waals surface area contributed by atoms with Crippen LogP contribution in [0.1, 0.15) is 15.9 Å². The highest BCUT2D eigenvalue weighted by Crippen LogP contribution is 2.15. The zero-order chi connectivity index (χ0) is 21.3. The van der Waals surface area contributed by atoms with Gasteiger partial charge in [-0.2, -0.15) is 5.10 Å². The van der Waals surface area contributed by atoms with E-state index in [0.717, 1.165) is 13.6 Å². The summed E-state index contributed by atoms with van der Waals surface area (Å²) in [7, 11) is 0. The van der Waals surface area contributed by atoms with Crippen molar-refractivity contribution in [1.82, 2.24) is 5.43 Å². The molecule has 0 aliphatic heterocycles. The molecular formula is C22H17BrIN3O3. The Morgan fingerprint density at radius 2 is 1.77 bits per heavy atom. The van der Waals surface area contributed by atoms with Crippen molar-refractivity contribution < 1.29 is 14.3 Å². The van der Waals surface area contributed by atoms with Gasteiger partial charge in [0.1, 0.15) is 5.75 Å². The number of nitrogens with one attached hydrogen (secondary N) is 2. The highest BCUT2D eigenvalue weighted by Gasteiger charge is 2.05. The predicted octanol–water partition coefficient (Wildman–Crippen LogP) is 4.84. The SMILES string of the molecule is O=C(COc1ccc(/C=N\NC(=O)c2cccc(I)c2)cc1)Nc1ccc(Br)cc1. The molecule has 0 fully saturated rings. The number of nitrogens with zero attached hydrogens (tertiary/aromatic N) is 1. The van der Waals surface area contributed by atoms with E-state index in [1.165, 1.54) is 6.21 Å². The third kappa shape index (κ3) is 6.96. The van der Waals surface area contributed by atoms with Crippen LogP contribution in [-0.4, -0.2) is 24.6 Å². The van der Waals surface area contributed by atoms with Crippen molar-refractivity contribution in [2.75, 3.05) is 11.9 Å². The molecule has 0 saturated carbocycles. The van der Waals surface area contributed by atoms with Crippen LogP contribution >= 0.6 is 38.5 Å². The van der Waals surface area contributed by atoms with Crippen LogP contribution in [0.2, 0.25) is 0 Å². The summed E-state index contributed by atoms with van der Waals surface area (Å²) >= 11 is 5.50. The molecule has 0 saturated heterocycles. The minimum atomic E-state index is -0.276. The molecule has 0 heterocycles. The second kappa shape index (κ2) is 10.9. The highest BCUT2D eigenvalue weighted by atomic mass is 127. The molecule has 0 bridgehead atoms. The summed E-state index contributed by atoms with van der Waals surface area (Å²) in [5, 5.41) is 6.73. The van der Waals surface area contributed by atoms with E-state index in [1.54, 1.807) is 48.5 Å². The zero-order valence-electron chi connectivity index (χ0n) is 15.6. The van der Waals surface area contributed by atoms with E-state index in [1.807, 2.05) is 24.3 Å². The molecule has 0 spiro atoms. The Labute approximate surface area is 196 Å². The number of halogens is 2. The number of ether oxygens (including phenoxy) is 1.